The predicted octanol–water partition coefficient (Wildman–Crippen LogP) is 3.98. The number of benzene rings is 2. The normalized spacial score (nSPS) is 12.7. The van der Waals surface area contributed by atoms with E-state index in [1.54, 1.807) is 13.1 Å². The lowest BCUT2D eigenvalue weighted by Gasteiger charge is -2.17. The molecule has 3 nitrogen and oxygen atoms in total. The molecule has 2 aromatic carbocycles. The maximum absolute atomic E-state index is 12.7. The Kier molecular flexibility index (Phi) is 6.67. The van der Waals surface area contributed by atoms with Crippen molar-refractivity contribution in [3.8, 4) is 11.8 Å². The van der Waals surface area contributed by atoms with Crippen LogP contribution in [0.1, 0.15) is 29.7 Å². The van der Waals surface area contributed by atoms with Crippen molar-refractivity contribution in [1.29, 1.82) is 0 Å². The molecule has 2 rings (SSSR count). The van der Waals surface area contributed by atoms with Crippen molar-refractivity contribution in [2.24, 2.45) is 4.99 Å². The van der Waals surface area contributed by atoms with Gasteiger partial charge in [0.05, 0.1) is 18.2 Å². The van der Waals surface area contributed by atoms with E-state index >= 15 is 0 Å². The van der Waals surface area contributed by atoms with Crippen molar-refractivity contribution < 1.29 is 13.2 Å². The average Bonchev–Trinajstić information content (AvgIpc) is 2.64. The SMILES string of the molecule is CN=C(NCC#Cc1cccc(C(F)(F)F)c1)NC(C)c1ccccc1. The van der Waals surface area contributed by atoms with Crippen LogP contribution >= 0.6 is 0 Å². The third kappa shape index (κ3) is 5.85. The lowest BCUT2D eigenvalue weighted by atomic mass is 10.1. The van der Waals surface area contributed by atoms with Crippen LogP contribution in [-0.2, 0) is 6.18 Å². The van der Waals surface area contributed by atoms with Gasteiger partial charge in [-0.1, -0.05) is 48.2 Å². The molecule has 6 heteroatoms. The van der Waals surface area contributed by atoms with E-state index in [1.165, 1.54) is 6.07 Å². The van der Waals surface area contributed by atoms with E-state index in [0.29, 0.717) is 11.5 Å². The fourth-order valence-electron chi connectivity index (χ4n) is 2.27. The minimum Gasteiger partial charge on any atom is -0.350 e. The van der Waals surface area contributed by atoms with Crippen molar-refractivity contribution in [3.63, 3.8) is 0 Å². The van der Waals surface area contributed by atoms with Gasteiger partial charge in [-0.15, -0.1) is 0 Å². The van der Waals surface area contributed by atoms with Crippen molar-refractivity contribution in [3.05, 3.63) is 71.3 Å². The molecule has 0 spiro atoms. The highest BCUT2D eigenvalue weighted by Gasteiger charge is 2.30. The summed E-state index contributed by atoms with van der Waals surface area (Å²) in [4.78, 5) is 4.12. The van der Waals surface area contributed by atoms with Crippen molar-refractivity contribution >= 4 is 5.96 Å². The molecule has 0 aliphatic carbocycles. The molecule has 136 valence electrons. The first kappa shape index (κ1) is 19.4. The van der Waals surface area contributed by atoms with Crippen LogP contribution in [0.2, 0.25) is 0 Å². The highest BCUT2D eigenvalue weighted by Crippen LogP contribution is 2.29. The molecule has 0 amide bonds. The van der Waals surface area contributed by atoms with E-state index in [4.69, 9.17) is 0 Å². The highest BCUT2D eigenvalue weighted by atomic mass is 19.4. The molecule has 0 heterocycles. The topological polar surface area (TPSA) is 36.4 Å². The number of hydrogen-bond donors (Lipinski definition) is 2. The average molecular weight is 359 g/mol. The predicted molar refractivity (Wildman–Crippen MR) is 97.7 cm³/mol. The third-order valence-corrected chi connectivity index (χ3v) is 3.64. The van der Waals surface area contributed by atoms with Gasteiger partial charge in [-0.2, -0.15) is 13.2 Å². The van der Waals surface area contributed by atoms with E-state index in [1.807, 2.05) is 37.3 Å². The van der Waals surface area contributed by atoms with Crippen LogP contribution in [0.15, 0.2) is 59.6 Å². The maximum atomic E-state index is 12.7. The van der Waals surface area contributed by atoms with Gasteiger partial charge in [0.15, 0.2) is 5.96 Å². The van der Waals surface area contributed by atoms with Gasteiger partial charge >= 0.3 is 6.18 Å². The molecule has 0 radical (unpaired) electrons. The summed E-state index contributed by atoms with van der Waals surface area (Å²) >= 11 is 0. The first-order valence-corrected chi connectivity index (χ1v) is 8.08. The van der Waals surface area contributed by atoms with E-state index in [9.17, 15) is 13.2 Å². The van der Waals surface area contributed by atoms with Gasteiger partial charge in [0, 0.05) is 12.6 Å². The van der Waals surface area contributed by atoms with Gasteiger partial charge in [-0.3, -0.25) is 4.99 Å². The Morgan fingerprint density at radius 2 is 1.85 bits per heavy atom. The van der Waals surface area contributed by atoms with Gasteiger partial charge in [-0.25, -0.2) is 0 Å². The smallest absolute Gasteiger partial charge is 0.350 e. The van der Waals surface area contributed by atoms with Crippen LogP contribution < -0.4 is 10.6 Å². The van der Waals surface area contributed by atoms with Crippen molar-refractivity contribution in [1.82, 2.24) is 10.6 Å². The highest BCUT2D eigenvalue weighted by molar-refractivity contribution is 5.80. The molecule has 0 saturated heterocycles. The number of hydrogen-bond acceptors (Lipinski definition) is 1. The second kappa shape index (κ2) is 8.95. The molecule has 26 heavy (non-hydrogen) atoms. The molecule has 0 aliphatic heterocycles. The number of nitrogens with zero attached hydrogens (tertiary/aromatic N) is 1. The fourth-order valence-corrected chi connectivity index (χ4v) is 2.27. The first-order chi connectivity index (χ1) is 12.4. The molecule has 2 aromatic rings. The number of guanidine groups is 1. The zero-order valence-electron chi connectivity index (χ0n) is 14.6. The summed E-state index contributed by atoms with van der Waals surface area (Å²) in [6.45, 7) is 2.27. The van der Waals surface area contributed by atoms with E-state index in [0.717, 1.165) is 17.7 Å². The van der Waals surface area contributed by atoms with Gasteiger partial charge in [-0.05, 0) is 30.7 Å². The van der Waals surface area contributed by atoms with Crippen LogP contribution in [0.4, 0.5) is 13.2 Å². The summed E-state index contributed by atoms with van der Waals surface area (Å²) in [6, 6.07) is 14.9. The Bertz CT molecular complexity index is 802. The van der Waals surface area contributed by atoms with E-state index in [-0.39, 0.29) is 12.6 Å². The second-order valence-corrected chi connectivity index (χ2v) is 5.58. The summed E-state index contributed by atoms with van der Waals surface area (Å²) in [5.74, 6) is 6.10. The molecular weight excluding hydrogens is 339 g/mol. The molecule has 0 aromatic heterocycles. The van der Waals surface area contributed by atoms with Gasteiger partial charge in [0.1, 0.15) is 0 Å². The minimum atomic E-state index is -4.37. The van der Waals surface area contributed by atoms with Crippen molar-refractivity contribution in [2.45, 2.75) is 19.1 Å². The van der Waals surface area contributed by atoms with Gasteiger partial charge in [0.2, 0.25) is 0 Å². The van der Waals surface area contributed by atoms with Crippen LogP contribution in [0, 0.1) is 11.8 Å². The zero-order chi connectivity index (χ0) is 19.0. The minimum absolute atomic E-state index is 0.0545. The second-order valence-electron chi connectivity index (χ2n) is 5.58. The quantitative estimate of drug-likeness (QED) is 0.494. The van der Waals surface area contributed by atoms with Crippen LogP contribution in [0.3, 0.4) is 0 Å². The number of aliphatic imine (C=N–C) groups is 1. The molecule has 2 N–H and O–H groups in total. The summed E-state index contributed by atoms with van der Waals surface area (Å²) in [5.41, 5.74) is 0.735. The third-order valence-electron chi connectivity index (χ3n) is 3.64. The molecule has 0 saturated carbocycles. The molecule has 1 atom stereocenters. The van der Waals surface area contributed by atoms with Gasteiger partial charge < -0.3 is 10.6 Å². The fraction of sp³-hybridized carbons (Fsp3) is 0.250. The molecule has 1 unspecified atom stereocenters. The summed E-state index contributed by atoms with van der Waals surface area (Å²) in [7, 11) is 1.65. The van der Waals surface area contributed by atoms with Crippen LogP contribution in [0.25, 0.3) is 0 Å². The van der Waals surface area contributed by atoms with E-state index < -0.39 is 11.7 Å². The summed E-state index contributed by atoms with van der Waals surface area (Å²) < 4.78 is 38.1. The Balaban J connectivity index is 1.92. The Hall–Kier alpha value is -2.94. The Labute approximate surface area is 151 Å². The standard InChI is InChI=1S/C20H20F3N3/c1-15(17-10-4-3-5-11-17)26-19(24-2)25-13-7-9-16-8-6-12-18(14-16)20(21,22)23/h3-6,8,10-12,14-15H,13H2,1-2H3,(H2,24,25,26). The maximum Gasteiger partial charge on any atom is 0.416 e. The van der Waals surface area contributed by atoms with Gasteiger partial charge in [0.25, 0.3) is 0 Å². The van der Waals surface area contributed by atoms with Crippen LogP contribution in [0.5, 0.6) is 0 Å². The number of nitrogens with one attached hydrogen (secondary N) is 2. The van der Waals surface area contributed by atoms with Crippen molar-refractivity contribution in [2.75, 3.05) is 13.6 Å². The Morgan fingerprint density at radius 3 is 2.50 bits per heavy atom. The number of alkyl halides is 3. The lowest BCUT2D eigenvalue weighted by molar-refractivity contribution is -0.137. The van der Waals surface area contributed by atoms with E-state index in [2.05, 4.69) is 27.5 Å². The lowest BCUT2D eigenvalue weighted by Crippen LogP contribution is -2.38. The van der Waals surface area contributed by atoms with Crippen LogP contribution in [-0.4, -0.2) is 19.6 Å². The molecule has 0 aliphatic rings. The molecule has 0 bridgehead atoms. The first-order valence-electron chi connectivity index (χ1n) is 8.08. The monoisotopic (exact) mass is 359 g/mol. The largest absolute Gasteiger partial charge is 0.416 e. The summed E-state index contributed by atoms with van der Waals surface area (Å²) in [5, 5.41) is 6.26. The molecular formula is C20H20F3N3. The zero-order valence-corrected chi connectivity index (χ0v) is 14.6. The Morgan fingerprint density at radius 1 is 1.12 bits per heavy atom. The number of rotatable bonds is 3. The molecule has 0 fully saturated rings. The number of halogens is 3. The summed E-state index contributed by atoms with van der Waals surface area (Å²) in [6.07, 6.45) is -4.37.